The number of hydrogen-bond acceptors (Lipinski definition) is 2. The Balaban J connectivity index is 0.000000791. The molecule has 1 aromatic rings. The van der Waals surface area contributed by atoms with Crippen LogP contribution in [0.5, 0.6) is 0 Å². The molecular weight excluding hydrogens is 174 g/mol. The standard InChI is InChI=1S/C9H15N3.C2H6/c1-7(2)8(3)5-12-9(4)10-6-11-12;1-2/h5-7H,1-4H3;1-2H3/b8-5+;. The molecule has 1 aromatic heterocycles. The summed E-state index contributed by atoms with van der Waals surface area (Å²) in [5, 5.41) is 4.07. The quantitative estimate of drug-likeness (QED) is 0.726. The Morgan fingerprint density at radius 3 is 2.36 bits per heavy atom. The molecule has 80 valence electrons. The predicted molar refractivity (Wildman–Crippen MR) is 60.9 cm³/mol. The van der Waals surface area contributed by atoms with Crippen LogP contribution in [0.2, 0.25) is 0 Å². The van der Waals surface area contributed by atoms with Crippen LogP contribution in [0, 0.1) is 12.8 Å². The van der Waals surface area contributed by atoms with E-state index in [1.165, 1.54) is 5.57 Å². The molecule has 3 heteroatoms. The molecule has 0 bridgehead atoms. The van der Waals surface area contributed by atoms with E-state index in [9.17, 15) is 0 Å². The van der Waals surface area contributed by atoms with E-state index in [0.717, 1.165) is 5.82 Å². The average Bonchev–Trinajstić information content (AvgIpc) is 2.55. The molecule has 0 aliphatic heterocycles. The van der Waals surface area contributed by atoms with Crippen molar-refractivity contribution < 1.29 is 0 Å². The van der Waals surface area contributed by atoms with E-state index in [4.69, 9.17) is 0 Å². The Labute approximate surface area is 86.9 Å². The third kappa shape index (κ3) is 3.73. The number of allylic oxidation sites excluding steroid dienone is 1. The van der Waals surface area contributed by atoms with Crippen molar-refractivity contribution in [3.8, 4) is 0 Å². The fraction of sp³-hybridized carbons (Fsp3) is 0.636. The van der Waals surface area contributed by atoms with Gasteiger partial charge >= 0.3 is 0 Å². The van der Waals surface area contributed by atoms with E-state index in [2.05, 4.69) is 30.9 Å². The molecule has 0 radical (unpaired) electrons. The van der Waals surface area contributed by atoms with Crippen LogP contribution in [0.3, 0.4) is 0 Å². The molecule has 0 amide bonds. The van der Waals surface area contributed by atoms with E-state index in [1.54, 1.807) is 11.0 Å². The highest BCUT2D eigenvalue weighted by atomic mass is 15.3. The molecule has 1 heterocycles. The zero-order chi connectivity index (χ0) is 11.1. The number of rotatable bonds is 2. The molecule has 1 rings (SSSR count). The summed E-state index contributed by atoms with van der Waals surface area (Å²) in [6, 6.07) is 0. The highest BCUT2D eigenvalue weighted by molar-refractivity contribution is 5.29. The maximum Gasteiger partial charge on any atom is 0.138 e. The lowest BCUT2D eigenvalue weighted by molar-refractivity contribution is 0.759. The van der Waals surface area contributed by atoms with Crippen LogP contribution >= 0.6 is 0 Å². The van der Waals surface area contributed by atoms with Crippen molar-refractivity contribution in [2.75, 3.05) is 0 Å². The molecule has 3 nitrogen and oxygen atoms in total. The van der Waals surface area contributed by atoms with Gasteiger partial charge in [0.2, 0.25) is 0 Å². The highest BCUT2D eigenvalue weighted by Gasteiger charge is 1.98. The summed E-state index contributed by atoms with van der Waals surface area (Å²) in [5.74, 6) is 1.49. The van der Waals surface area contributed by atoms with Crippen LogP contribution in [0.1, 0.15) is 40.4 Å². The first-order chi connectivity index (χ1) is 6.61. The topological polar surface area (TPSA) is 30.7 Å². The van der Waals surface area contributed by atoms with Crippen LogP contribution in [0.15, 0.2) is 11.9 Å². The van der Waals surface area contributed by atoms with Crippen LogP contribution in [0.4, 0.5) is 0 Å². The summed E-state index contributed by atoms with van der Waals surface area (Å²) < 4.78 is 1.80. The van der Waals surface area contributed by atoms with Crippen molar-refractivity contribution in [2.24, 2.45) is 5.92 Å². The van der Waals surface area contributed by atoms with Crippen molar-refractivity contribution in [1.29, 1.82) is 0 Å². The zero-order valence-corrected chi connectivity index (χ0v) is 10.1. The van der Waals surface area contributed by atoms with Gasteiger partial charge in [-0.1, -0.05) is 33.3 Å². The van der Waals surface area contributed by atoms with Gasteiger partial charge in [-0.05, 0) is 19.8 Å². The van der Waals surface area contributed by atoms with E-state index in [-0.39, 0.29) is 0 Å². The lowest BCUT2D eigenvalue weighted by Gasteiger charge is -2.04. The summed E-state index contributed by atoms with van der Waals surface area (Å²) in [5.41, 5.74) is 1.31. The second-order valence-electron chi connectivity index (χ2n) is 3.28. The molecule has 0 fully saturated rings. The molecule has 0 spiro atoms. The molecule has 0 saturated heterocycles. The predicted octanol–water partition coefficient (Wildman–Crippen LogP) is 3.13. The Morgan fingerprint density at radius 1 is 1.43 bits per heavy atom. The van der Waals surface area contributed by atoms with E-state index in [0.29, 0.717) is 5.92 Å². The SMILES string of the molecule is C/C(=C\n1ncnc1C)C(C)C.CC. The minimum absolute atomic E-state index is 0.564. The Kier molecular flexibility index (Phi) is 5.84. The molecule has 0 aromatic carbocycles. The third-order valence-electron chi connectivity index (χ3n) is 1.99. The van der Waals surface area contributed by atoms with Crippen molar-refractivity contribution in [3.05, 3.63) is 17.7 Å². The van der Waals surface area contributed by atoms with Crippen molar-refractivity contribution in [3.63, 3.8) is 0 Å². The Bertz CT molecular complexity index is 284. The first kappa shape index (κ1) is 12.9. The summed E-state index contributed by atoms with van der Waals surface area (Å²) in [7, 11) is 0. The van der Waals surface area contributed by atoms with Crippen LogP contribution in [0.25, 0.3) is 6.20 Å². The van der Waals surface area contributed by atoms with Gasteiger partial charge in [-0.2, -0.15) is 5.10 Å². The molecule has 0 atom stereocenters. The van der Waals surface area contributed by atoms with Gasteiger partial charge in [0.15, 0.2) is 0 Å². The summed E-state index contributed by atoms with van der Waals surface area (Å²) in [6.07, 6.45) is 3.59. The summed E-state index contributed by atoms with van der Waals surface area (Å²) in [4.78, 5) is 4.04. The molecule has 0 unspecified atom stereocenters. The average molecular weight is 195 g/mol. The smallest absolute Gasteiger partial charge is 0.138 e. The van der Waals surface area contributed by atoms with Gasteiger partial charge in [-0.25, -0.2) is 9.67 Å². The van der Waals surface area contributed by atoms with E-state index in [1.807, 2.05) is 27.0 Å². The normalized spacial score (nSPS) is 11.2. The van der Waals surface area contributed by atoms with Crippen LogP contribution < -0.4 is 0 Å². The number of hydrogen-bond donors (Lipinski definition) is 0. The van der Waals surface area contributed by atoms with Gasteiger partial charge in [0.25, 0.3) is 0 Å². The van der Waals surface area contributed by atoms with Gasteiger partial charge in [0, 0.05) is 6.20 Å². The molecule has 0 aliphatic carbocycles. The van der Waals surface area contributed by atoms with Crippen molar-refractivity contribution in [1.82, 2.24) is 14.8 Å². The Hall–Kier alpha value is -1.12. The van der Waals surface area contributed by atoms with Gasteiger partial charge in [-0.15, -0.1) is 0 Å². The number of aromatic nitrogens is 3. The number of nitrogens with zero attached hydrogens (tertiary/aromatic N) is 3. The summed E-state index contributed by atoms with van der Waals surface area (Å²) in [6.45, 7) is 12.4. The minimum atomic E-state index is 0.564. The second kappa shape index (κ2) is 6.35. The van der Waals surface area contributed by atoms with Gasteiger partial charge in [0.1, 0.15) is 12.2 Å². The fourth-order valence-electron chi connectivity index (χ4n) is 0.776. The van der Waals surface area contributed by atoms with E-state index >= 15 is 0 Å². The van der Waals surface area contributed by atoms with Gasteiger partial charge in [0.05, 0.1) is 0 Å². The first-order valence-electron chi connectivity index (χ1n) is 5.15. The van der Waals surface area contributed by atoms with Crippen molar-refractivity contribution >= 4 is 6.20 Å². The monoisotopic (exact) mass is 195 g/mol. The lowest BCUT2D eigenvalue weighted by Crippen LogP contribution is -1.97. The summed E-state index contributed by atoms with van der Waals surface area (Å²) >= 11 is 0. The first-order valence-corrected chi connectivity index (χ1v) is 5.15. The van der Waals surface area contributed by atoms with Crippen LogP contribution in [-0.2, 0) is 0 Å². The van der Waals surface area contributed by atoms with Gasteiger partial charge < -0.3 is 0 Å². The fourth-order valence-corrected chi connectivity index (χ4v) is 0.776. The third-order valence-corrected chi connectivity index (χ3v) is 1.99. The molecule has 0 aliphatic rings. The minimum Gasteiger partial charge on any atom is -0.226 e. The van der Waals surface area contributed by atoms with E-state index < -0.39 is 0 Å². The van der Waals surface area contributed by atoms with Crippen molar-refractivity contribution in [2.45, 2.75) is 41.5 Å². The lowest BCUT2D eigenvalue weighted by atomic mass is 10.1. The second-order valence-corrected chi connectivity index (χ2v) is 3.28. The molecule has 0 saturated carbocycles. The largest absolute Gasteiger partial charge is 0.226 e. The van der Waals surface area contributed by atoms with Crippen LogP contribution in [-0.4, -0.2) is 14.8 Å². The molecule has 14 heavy (non-hydrogen) atoms. The molecular formula is C11H21N3. The van der Waals surface area contributed by atoms with Gasteiger partial charge in [-0.3, -0.25) is 0 Å². The number of aryl methyl sites for hydroxylation is 1. The molecule has 0 N–H and O–H groups in total. The maximum atomic E-state index is 4.07. The zero-order valence-electron chi connectivity index (χ0n) is 10.1. The highest BCUT2D eigenvalue weighted by Crippen LogP contribution is 2.09. The maximum absolute atomic E-state index is 4.07. The Morgan fingerprint density at radius 2 is 2.00 bits per heavy atom.